The molecule has 9 atom stereocenters. The fourth-order valence-corrected chi connectivity index (χ4v) is 12.6. The van der Waals surface area contributed by atoms with Crippen molar-refractivity contribution in [2.75, 3.05) is 11.5 Å². The van der Waals surface area contributed by atoms with Crippen LogP contribution in [0, 0.1) is 50.7 Å². The summed E-state index contributed by atoms with van der Waals surface area (Å²) >= 11 is 0. The van der Waals surface area contributed by atoms with Crippen LogP contribution >= 0.6 is 0 Å². The van der Waals surface area contributed by atoms with E-state index in [0.29, 0.717) is 45.0 Å². The predicted molar refractivity (Wildman–Crippen MR) is 174 cm³/mol. The van der Waals surface area contributed by atoms with Crippen LogP contribution < -0.4 is 11.5 Å². The fraction of sp³-hybridized carbons (Fsp3) is 0.711. The van der Waals surface area contributed by atoms with E-state index in [0.717, 1.165) is 24.7 Å². The molecule has 0 aliphatic heterocycles. The molecule has 1 aromatic carbocycles. The molecule has 5 saturated carbocycles. The third-order valence-electron chi connectivity index (χ3n) is 14.4. The second kappa shape index (κ2) is 9.63. The van der Waals surface area contributed by atoms with Crippen molar-refractivity contribution < 1.29 is 9.53 Å². The molecule has 0 amide bonds. The minimum atomic E-state index is -0.301. The van der Waals surface area contributed by atoms with Crippen LogP contribution in [-0.2, 0) is 4.74 Å². The maximum absolute atomic E-state index is 13.3. The summed E-state index contributed by atoms with van der Waals surface area (Å²) in [5, 5.41) is 0. The summed E-state index contributed by atoms with van der Waals surface area (Å²) in [6, 6.07) is 5.03. The number of allylic oxidation sites excluding steroid dienone is 3. The van der Waals surface area contributed by atoms with E-state index in [2.05, 4.69) is 54.5 Å². The number of benzene rings is 1. The predicted octanol–water partition coefficient (Wildman–Crippen LogP) is 9.36. The first-order valence-corrected chi connectivity index (χ1v) is 16.9. The first-order chi connectivity index (χ1) is 19.6. The molecule has 42 heavy (non-hydrogen) atoms. The number of anilines is 2. The van der Waals surface area contributed by atoms with Crippen LogP contribution in [0.1, 0.15) is 123 Å². The van der Waals surface area contributed by atoms with Crippen LogP contribution in [-0.4, -0.2) is 12.1 Å². The van der Waals surface area contributed by atoms with Crippen LogP contribution in [0.25, 0.3) is 0 Å². The Morgan fingerprint density at radius 3 is 2.33 bits per heavy atom. The molecule has 1 spiro atoms. The lowest BCUT2D eigenvalue weighted by Gasteiger charge is -2.66. The zero-order valence-electron chi connectivity index (χ0n) is 27.4. The van der Waals surface area contributed by atoms with Gasteiger partial charge in [0.15, 0.2) is 0 Å². The lowest BCUT2D eigenvalue weighted by Crippen LogP contribution is -2.60. The van der Waals surface area contributed by atoms with Crippen molar-refractivity contribution in [3.05, 3.63) is 47.6 Å². The molecular weight excluding hydrogens is 516 g/mol. The SMILES string of the molecule is C=C1C2(C(C)CCC=C(C)C)CCC3(C)C4CCC5C(C)(C)C(OC(=O)c6cc(N)cc(N)c6)CCC5(C)C4CCC132. The minimum Gasteiger partial charge on any atom is -0.458 e. The number of nitrogen functional groups attached to an aromatic ring is 2. The number of nitrogens with two attached hydrogens (primary N) is 2. The number of ether oxygens (including phenoxy) is 1. The van der Waals surface area contributed by atoms with Crippen molar-refractivity contribution in [1.82, 2.24) is 0 Å². The van der Waals surface area contributed by atoms with Gasteiger partial charge in [-0.15, -0.1) is 0 Å². The van der Waals surface area contributed by atoms with E-state index < -0.39 is 0 Å². The van der Waals surface area contributed by atoms with E-state index in [4.69, 9.17) is 22.8 Å². The van der Waals surface area contributed by atoms with Crippen molar-refractivity contribution in [2.45, 2.75) is 119 Å². The lowest BCUT2D eigenvalue weighted by molar-refractivity contribution is -0.188. The Morgan fingerprint density at radius 1 is 0.976 bits per heavy atom. The Balaban J connectivity index is 1.22. The Kier molecular flexibility index (Phi) is 6.84. The number of carbonyl (C=O) groups excluding carboxylic acids is 1. The molecule has 1 aromatic rings. The van der Waals surface area contributed by atoms with E-state index in [1.807, 2.05) is 0 Å². The van der Waals surface area contributed by atoms with Gasteiger partial charge in [-0.1, -0.05) is 58.4 Å². The van der Waals surface area contributed by atoms with Crippen LogP contribution in [0.2, 0.25) is 0 Å². The number of carbonyl (C=O) groups is 1. The fourth-order valence-electron chi connectivity index (χ4n) is 12.6. The van der Waals surface area contributed by atoms with E-state index in [1.165, 1.54) is 56.9 Å². The summed E-state index contributed by atoms with van der Waals surface area (Å²) in [5.41, 5.74) is 17.8. The van der Waals surface area contributed by atoms with E-state index in [9.17, 15) is 4.79 Å². The van der Waals surface area contributed by atoms with Gasteiger partial charge in [-0.2, -0.15) is 0 Å². The summed E-state index contributed by atoms with van der Waals surface area (Å²) in [6.07, 6.45) is 14.8. The largest absolute Gasteiger partial charge is 0.458 e. The third-order valence-corrected chi connectivity index (χ3v) is 14.4. The highest BCUT2D eigenvalue weighted by Crippen LogP contribution is 2.91. The number of hydrogen-bond donors (Lipinski definition) is 2. The first kappa shape index (κ1) is 29.8. The normalized spacial score (nSPS) is 41.9. The molecule has 0 bridgehead atoms. The number of hydrogen-bond acceptors (Lipinski definition) is 4. The monoisotopic (exact) mass is 572 g/mol. The Bertz CT molecular complexity index is 1300. The minimum absolute atomic E-state index is 0.0857. The van der Waals surface area contributed by atoms with Crippen LogP contribution in [0.5, 0.6) is 0 Å². The molecule has 0 saturated heterocycles. The topological polar surface area (TPSA) is 78.3 Å². The Morgan fingerprint density at radius 2 is 1.67 bits per heavy atom. The quantitative estimate of drug-likeness (QED) is 0.202. The molecule has 6 rings (SSSR count). The van der Waals surface area contributed by atoms with Crippen LogP contribution in [0.4, 0.5) is 11.4 Å². The summed E-state index contributed by atoms with van der Waals surface area (Å²) in [6.45, 7) is 21.9. The summed E-state index contributed by atoms with van der Waals surface area (Å²) in [4.78, 5) is 13.3. The zero-order valence-corrected chi connectivity index (χ0v) is 27.4. The highest BCUT2D eigenvalue weighted by molar-refractivity contribution is 5.91. The number of fused-ring (bicyclic) bond motifs is 4. The molecule has 230 valence electrons. The molecular formula is C38H56N2O2. The zero-order chi connectivity index (χ0) is 30.5. The smallest absolute Gasteiger partial charge is 0.338 e. The van der Waals surface area contributed by atoms with Crippen molar-refractivity contribution in [1.29, 1.82) is 0 Å². The second-order valence-electron chi connectivity index (χ2n) is 16.6. The van der Waals surface area contributed by atoms with Gasteiger partial charge in [0.05, 0.1) is 5.56 Å². The van der Waals surface area contributed by atoms with Gasteiger partial charge in [0.1, 0.15) is 6.10 Å². The molecule has 4 nitrogen and oxygen atoms in total. The van der Waals surface area contributed by atoms with Gasteiger partial charge in [0, 0.05) is 27.6 Å². The maximum atomic E-state index is 13.3. The standard InChI is InChI=1S/C38H56N2O2/c1-23(2)10-9-11-24(3)37-19-18-36(8)30-12-13-31-34(5,6)32(42-33(41)26-20-27(39)22-28(40)21-26)15-16-35(31,7)29(30)14-17-38(36,37)25(37)4/h10,20-22,24,29-32H,4,9,11-19,39-40H2,1-3,5-8H3. The number of rotatable bonds is 6. The van der Waals surface area contributed by atoms with E-state index in [1.54, 1.807) is 23.8 Å². The Hall–Kier alpha value is -2.23. The van der Waals surface area contributed by atoms with Gasteiger partial charge in [-0.25, -0.2) is 4.79 Å². The van der Waals surface area contributed by atoms with Crippen LogP contribution in [0.15, 0.2) is 42.0 Å². The molecule has 0 aromatic heterocycles. The third kappa shape index (κ3) is 3.81. The van der Waals surface area contributed by atoms with Crippen molar-refractivity contribution in [3.63, 3.8) is 0 Å². The van der Waals surface area contributed by atoms with Crippen molar-refractivity contribution >= 4 is 17.3 Å². The van der Waals surface area contributed by atoms with Gasteiger partial charge in [-0.3, -0.25) is 0 Å². The Labute approximate surface area is 255 Å². The van der Waals surface area contributed by atoms with Gasteiger partial charge in [0.2, 0.25) is 0 Å². The molecule has 4 N–H and O–H groups in total. The molecule has 9 unspecified atom stereocenters. The average molecular weight is 573 g/mol. The highest BCUT2D eigenvalue weighted by Gasteiger charge is 2.84. The van der Waals surface area contributed by atoms with Crippen molar-refractivity contribution in [2.24, 2.45) is 50.7 Å². The molecule has 5 fully saturated rings. The lowest BCUT2D eigenvalue weighted by atomic mass is 9.39. The summed E-state index contributed by atoms with van der Waals surface area (Å²) < 4.78 is 6.28. The summed E-state index contributed by atoms with van der Waals surface area (Å²) in [7, 11) is 0. The molecule has 5 aliphatic rings. The van der Waals surface area contributed by atoms with Gasteiger partial charge in [-0.05, 0) is 131 Å². The van der Waals surface area contributed by atoms with Gasteiger partial charge < -0.3 is 16.2 Å². The second-order valence-corrected chi connectivity index (χ2v) is 16.6. The van der Waals surface area contributed by atoms with Gasteiger partial charge >= 0.3 is 5.97 Å². The molecule has 0 heterocycles. The molecule has 0 radical (unpaired) electrons. The number of esters is 1. The average Bonchev–Trinajstić information content (AvgIpc) is 3.28. The van der Waals surface area contributed by atoms with Gasteiger partial charge in [0.25, 0.3) is 0 Å². The first-order valence-electron chi connectivity index (χ1n) is 16.9. The van der Waals surface area contributed by atoms with E-state index >= 15 is 0 Å². The highest BCUT2D eigenvalue weighted by atomic mass is 16.5. The summed E-state index contributed by atoms with van der Waals surface area (Å²) in [5.74, 6) is 2.46. The molecule has 5 aliphatic carbocycles. The van der Waals surface area contributed by atoms with Crippen molar-refractivity contribution in [3.8, 4) is 0 Å². The maximum Gasteiger partial charge on any atom is 0.338 e. The molecule has 4 heteroatoms. The van der Waals surface area contributed by atoms with Crippen LogP contribution in [0.3, 0.4) is 0 Å². The van der Waals surface area contributed by atoms with E-state index in [-0.39, 0.29) is 22.9 Å².